The fourth-order valence-corrected chi connectivity index (χ4v) is 9.05. The molecule has 0 spiro atoms. The summed E-state index contributed by atoms with van der Waals surface area (Å²) in [5, 5.41) is 0. The zero-order chi connectivity index (χ0) is 20.9. The number of carbonyl (C=O) groups is 2. The van der Waals surface area contributed by atoms with Crippen molar-refractivity contribution in [3.63, 3.8) is 0 Å². The Morgan fingerprint density at radius 1 is 0.750 bits per heavy atom. The summed E-state index contributed by atoms with van der Waals surface area (Å²) in [5.74, 6) is 0.409. The highest BCUT2D eigenvalue weighted by atomic mass is 28.4. The molecule has 0 radical (unpaired) electrons. The van der Waals surface area contributed by atoms with Crippen molar-refractivity contribution in [2.75, 3.05) is 0 Å². The zero-order valence-electron chi connectivity index (χ0n) is 18.2. The molecule has 6 heteroatoms. The second-order valence-corrected chi connectivity index (χ2v) is 17.0. The summed E-state index contributed by atoms with van der Waals surface area (Å²) in [4.78, 5) is 26.2. The molecule has 0 unspecified atom stereocenters. The van der Waals surface area contributed by atoms with Crippen LogP contribution < -0.4 is 4.43 Å². The van der Waals surface area contributed by atoms with Gasteiger partial charge in [0, 0.05) is 11.6 Å². The van der Waals surface area contributed by atoms with Gasteiger partial charge in [0.25, 0.3) is 16.6 Å². The molecule has 2 rings (SSSR count). The van der Waals surface area contributed by atoms with Gasteiger partial charge < -0.3 is 8.85 Å². The Morgan fingerprint density at radius 2 is 1.25 bits per heavy atom. The van der Waals surface area contributed by atoms with E-state index in [9.17, 15) is 9.59 Å². The largest absolute Gasteiger partial charge is 0.543 e. The minimum absolute atomic E-state index is 0.183. The molecule has 154 valence electrons. The molecule has 0 saturated heterocycles. The smallest absolute Gasteiger partial charge is 0.250 e. The summed E-state index contributed by atoms with van der Waals surface area (Å²) in [6.45, 7) is 12.8. The van der Waals surface area contributed by atoms with Gasteiger partial charge in [-0.2, -0.15) is 0 Å². The lowest BCUT2D eigenvalue weighted by atomic mass is 9.93. The van der Waals surface area contributed by atoms with E-state index in [0.717, 1.165) is 36.3 Å². The van der Waals surface area contributed by atoms with Crippen LogP contribution in [0.5, 0.6) is 5.75 Å². The highest BCUT2D eigenvalue weighted by molar-refractivity contribution is 6.74. The number of hydrogen-bond donors (Lipinski definition) is 0. The number of benzene rings is 1. The van der Waals surface area contributed by atoms with Gasteiger partial charge in [0.1, 0.15) is 5.75 Å². The van der Waals surface area contributed by atoms with Crippen LogP contribution >= 0.6 is 0 Å². The summed E-state index contributed by atoms with van der Waals surface area (Å²) in [7, 11) is -3.98. The maximum absolute atomic E-state index is 13.1. The Morgan fingerprint density at radius 3 is 1.75 bits per heavy atom. The number of rotatable bonds is 10. The van der Waals surface area contributed by atoms with E-state index in [1.165, 1.54) is 6.08 Å². The van der Waals surface area contributed by atoms with Crippen molar-refractivity contribution in [2.24, 2.45) is 0 Å². The summed E-state index contributed by atoms with van der Waals surface area (Å²) in [5.41, 5.74) is 0.821. The van der Waals surface area contributed by atoms with Crippen molar-refractivity contribution in [1.29, 1.82) is 0 Å². The van der Waals surface area contributed by atoms with E-state index >= 15 is 0 Å². The normalized spacial score (nSPS) is 14.6. The summed E-state index contributed by atoms with van der Waals surface area (Å²) >= 11 is 0. The maximum atomic E-state index is 13.1. The molecule has 0 amide bonds. The number of carbonyl (C=O) groups excluding carboxylic acids is 2. The van der Waals surface area contributed by atoms with Crippen LogP contribution in [0.3, 0.4) is 0 Å². The van der Waals surface area contributed by atoms with Gasteiger partial charge in [-0.05, 0) is 48.4 Å². The van der Waals surface area contributed by atoms with E-state index in [1.54, 1.807) is 6.07 Å². The molecule has 0 heterocycles. The molecule has 4 nitrogen and oxygen atoms in total. The highest BCUT2D eigenvalue weighted by Gasteiger charge is 2.38. The molecule has 1 aliphatic rings. The first-order valence-corrected chi connectivity index (χ1v) is 15.7. The van der Waals surface area contributed by atoms with Crippen molar-refractivity contribution in [3.05, 3.63) is 41.2 Å². The van der Waals surface area contributed by atoms with Gasteiger partial charge in [-0.1, -0.05) is 47.6 Å². The van der Waals surface area contributed by atoms with Crippen molar-refractivity contribution in [3.8, 4) is 5.75 Å². The van der Waals surface area contributed by atoms with E-state index in [4.69, 9.17) is 8.85 Å². The third-order valence-electron chi connectivity index (χ3n) is 6.52. The lowest BCUT2D eigenvalue weighted by molar-refractivity contribution is 0.0942. The molecule has 1 aromatic carbocycles. The van der Waals surface area contributed by atoms with Crippen LogP contribution in [0, 0.1) is 0 Å². The van der Waals surface area contributed by atoms with Gasteiger partial charge in [-0.15, -0.1) is 0 Å². The molecule has 1 aromatic rings. The van der Waals surface area contributed by atoms with Crippen LogP contribution in [0.25, 0.3) is 0 Å². The minimum Gasteiger partial charge on any atom is -0.543 e. The van der Waals surface area contributed by atoms with Crippen LogP contribution in [0.1, 0.15) is 62.3 Å². The predicted octanol–water partition coefficient (Wildman–Crippen LogP) is 6.36. The molecule has 0 aliphatic heterocycles. The Kier molecular flexibility index (Phi) is 7.45. The molecule has 0 aromatic heterocycles. The molecule has 0 fully saturated rings. The topological polar surface area (TPSA) is 52.6 Å². The van der Waals surface area contributed by atoms with Crippen molar-refractivity contribution in [1.82, 2.24) is 0 Å². The SMILES string of the molecule is CC[Si](CC)(CC)OC1=CC(=O)c2c(O[Si](CC)(CC)CC)cccc2C1=O. The summed E-state index contributed by atoms with van der Waals surface area (Å²) in [6, 6.07) is 11.1. The highest BCUT2D eigenvalue weighted by Crippen LogP contribution is 2.35. The fraction of sp³-hybridized carbons (Fsp3) is 0.545. The Bertz CT molecular complexity index is 745. The quantitative estimate of drug-likeness (QED) is 0.415. The lowest BCUT2D eigenvalue weighted by Crippen LogP contribution is -2.40. The zero-order valence-corrected chi connectivity index (χ0v) is 20.2. The second-order valence-electron chi connectivity index (χ2n) is 7.57. The van der Waals surface area contributed by atoms with Crippen molar-refractivity contribution >= 4 is 28.2 Å². The molecule has 28 heavy (non-hydrogen) atoms. The van der Waals surface area contributed by atoms with Gasteiger partial charge in [0.2, 0.25) is 5.78 Å². The number of fused-ring (bicyclic) bond motifs is 1. The van der Waals surface area contributed by atoms with Crippen LogP contribution in [0.15, 0.2) is 30.0 Å². The van der Waals surface area contributed by atoms with Crippen molar-refractivity contribution in [2.45, 2.75) is 77.8 Å². The third-order valence-corrected chi connectivity index (χ3v) is 15.6. The number of allylic oxidation sites excluding steroid dienone is 2. The first-order chi connectivity index (χ1) is 13.3. The molecule has 0 saturated carbocycles. The van der Waals surface area contributed by atoms with Gasteiger partial charge >= 0.3 is 0 Å². The monoisotopic (exact) mass is 418 g/mol. The number of hydrogen-bond acceptors (Lipinski definition) is 4. The summed E-state index contributed by atoms with van der Waals surface area (Å²) in [6.07, 6.45) is 1.40. The lowest BCUT2D eigenvalue weighted by Gasteiger charge is -2.32. The minimum atomic E-state index is -2.03. The van der Waals surface area contributed by atoms with Gasteiger partial charge in [-0.25, -0.2) is 0 Å². The molecule has 0 N–H and O–H groups in total. The first kappa shape index (κ1) is 22.6. The number of ketones is 2. The number of Topliss-reactive ketones (excluding diaryl/α,β-unsaturated/α-hetero) is 1. The van der Waals surface area contributed by atoms with Gasteiger partial charge in [0.05, 0.1) is 5.56 Å². The van der Waals surface area contributed by atoms with E-state index < -0.39 is 16.6 Å². The van der Waals surface area contributed by atoms with Gasteiger partial charge in [-0.3, -0.25) is 9.59 Å². The average molecular weight is 419 g/mol. The predicted molar refractivity (Wildman–Crippen MR) is 119 cm³/mol. The Balaban J connectivity index is 2.45. The third kappa shape index (κ3) is 4.17. The van der Waals surface area contributed by atoms with Gasteiger partial charge in [0.15, 0.2) is 11.5 Å². The Labute approximate surface area is 171 Å². The molecule has 1 aliphatic carbocycles. The molecule has 0 bridgehead atoms. The van der Waals surface area contributed by atoms with Crippen LogP contribution in [-0.4, -0.2) is 28.2 Å². The average Bonchev–Trinajstić information content (AvgIpc) is 2.73. The molecular formula is C22H34O4Si2. The van der Waals surface area contributed by atoms with E-state index in [2.05, 4.69) is 41.5 Å². The fourth-order valence-electron chi connectivity index (χ4n) is 3.92. The standard InChI is InChI=1S/C22H34O4Si2/c1-7-27(8-2,9-3)25-19-15-13-14-17-21(19)18(23)16-20(22(17)24)26-28(10-4,11-5)12-6/h13-16H,7-12H2,1-6H3. The van der Waals surface area contributed by atoms with Crippen molar-refractivity contribution < 1.29 is 18.4 Å². The molecule has 0 atom stereocenters. The van der Waals surface area contributed by atoms with Crippen LogP contribution in [-0.2, 0) is 4.43 Å². The van der Waals surface area contributed by atoms with E-state index in [-0.39, 0.29) is 17.3 Å². The second kappa shape index (κ2) is 9.22. The van der Waals surface area contributed by atoms with Crippen LogP contribution in [0.2, 0.25) is 36.3 Å². The Hall–Kier alpha value is -1.67. The first-order valence-electron chi connectivity index (χ1n) is 10.7. The van der Waals surface area contributed by atoms with Crippen LogP contribution in [0.4, 0.5) is 0 Å². The van der Waals surface area contributed by atoms with E-state index in [0.29, 0.717) is 16.9 Å². The van der Waals surface area contributed by atoms with E-state index in [1.807, 2.05) is 12.1 Å². The summed E-state index contributed by atoms with van der Waals surface area (Å²) < 4.78 is 12.7. The molecular weight excluding hydrogens is 384 g/mol. The maximum Gasteiger partial charge on any atom is 0.250 e.